The molecule has 5 nitrogen and oxygen atoms in total. The number of hydrogen-bond donors (Lipinski definition) is 0. The Morgan fingerprint density at radius 1 is 1.14 bits per heavy atom. The number of benzene rings is 1. The molecule has 0 bridgehead atoms. The number of rotatable bonds is 6. The summed E-state index contributed by atoms with van der Waals surface area (Å²) < 4.78 is 31.6. The summed E-state index contributed by atoms with van der Waals surface area (Å²) in [6, 6.07) is 4.78. The molecular formula is C19H19Cl2F2N3O2. The Kier molecular flexibility index (Phi) is 6.91. The highest BCUT2D eigenvalue weighted by atomic mass is 35.5. The minimum atomic E-state index is -0.753. The molecule has 1 saturated heterocycles. The summed E-state index contributed by atoms with van der Waals surface area (Å²) in [6.45, 7) is 2.55. The Balaban J connectivity index is 1.41. The maximum absolute atomic E-state index is 13.5. The zero-order chi connectivity index (χ0) is 20.1. The van der Waals surface area contributed by atoms with E-state index in [0.29, 0.717) is 54.9 Å². The molecule has 1 fully saturated rings. The maximum Gasteiger partial charge on any atom is 0.222 e. The number of hydrogen-bond acceptors (Lipinski definition) is 4. The highest BCUT2D eigenvalue weighted by molar-refractivity contribution is 6.36. The van der Waals surface area contributed by atoms with E-state index in [1.807, 2.05) is 4.90 Å². The van der Waals surface area contributed by atoms with Gasteiger partial charge in [-0.05, 0) is 24.6 Å². The molecule has 28 heavy (non-hydrogen) atoms. The van der Waals surface area contributed by atoms with Gasteiger partial charge in [-0.15, -0.1) is 0 Å². The number of anilines is 1. The SMILES string of the molecule is O=C(CCCOc1ccc(F)cc1F)N1CCN(c2ncc(Cl)cc2Cl)CC1. The number of aromatic nitrogens is 1. The molecule has 0 N–H and O–H groups in total. The fourth-order valence-electron chi connectivity index (χ4n) is 2.96. The molecule has 1 aromatic heterocycles. The number of halogens is 4. The summed E-state index contributed by atoms with van der Waals surface area (Å²) in [5.74, 6) is -0.758. The van der Waals surface area contributed by atoms with Gasteiger partial charge >= 0.3 is 0 Å². The Morgan fingerprint density at radius 2 is 1.89 bits per heavy atom. The van der Waals surface area contributed by atoms with Crippen molar-refractivity contribution in [3.05, 3.63) is 52.1 Å². The lowest BCUT2D eigenvalue weighted by Gasteiger charge is -2.35. The zero-order valence-electron chi connectivity index (χ0n) is 15.0. The highest BCUT2D eigenvalue weighted by Gasteiger charge is 2.23. The predicted molar refractivity (Wildman–Crippen MR) is 104 cm³/mol. The Hall–Kier alpha value is -2.12. The van der Waals surface area contributed by atoms with Gasteiger partial charge in [0.05, 0.1) is 16.7 Å². The second-order valence-corrected chi connectivity index (χ2v) is 7.20. The Labute approximate surface area is 171 Å². The number of piperazine rings is 1. The van der Waals surface area contributed by atoms with Crippen LogP contribution in [0.15, 0.2) is 30.5 Å². The van der Waals surface area contributed by atoms with Crippen LogP contribution in [-0.2, 0) is 4.79 Å². The first-order valence-corrected chi connectivity index (χ1v) is 9.61. The van der Waals surface area contributed by atoms with Crippen LogP contribution >= 0.6 is 23.2 Å². The van der Waals surface area contributed by atoms with Crippen molar-refractivity contribution in [2.75, 3.05) is 37.7 Å². The predicted octanol–water partition coefficient (Wildman–Crippen LogP) is 4.17. The van der Waals surface area contributed by atoms with Gasteiger partial charge in [0.2, 0.25) is 5.91 Å². The lowest BCUT2D eigenvalue weighted by molar-refractivity contribution is -0.131. The van der Waals surface area contributed by atoms with E-state index in [9.17, 15) is 13.6 Å². The molecular weight excluding hydrogens is 411 g/mol. The highest BCUT2D eigenvalue weighted by Crippen LogP contribution is 2.27. The average molecular weight is 430 g/mol. The molecule has 150 valence electrons. The largest absolute Gasteiger partial charge is 0.491 e. The van der Waals surface area contributed by atoms with E-state index < -0.39 is 11.6 Å². The van der Waals surface area contributed by atoms with Crippen molar-refractivity contribution < 1.29 is 18.3 Å². The Bertz CT molecular complexity index is 846. The van der Waals surface area contributed by atoms with Gasteiger partial charge in [-0.1, -0.05) is 23.2 Å². The molecule has 3 rings (SSSR count). The molecule has 1 aliphatic heterocycles. The van der Waals surface area contributed by atoms with Crippen LogP contribution in [0.4, 0.5) is 14.6 Å². The minimum Gasteiger partial charge on any atom is -0.491 e. The van der Waals surface area contributed by atoms with Crippen molar-refractivity contribution in [1.29, 1.82) is 0 Å². The molecule has 0 spiro atoms. The molecule has 2 aromatic rings. The fraction of sp³-hybridized carbons (Fsp3) is 0.368. The van der Waals surface area contributed by atoms with Crippen molar-refractivity contribution >= 4 is 34.9 Å². The standard InChI is InChI=1S/C19H19Cl2F2N3O2/c20-13-10-15(21)19(24-12-13)26-7-5-25(6-8-26)18(27)2-1-9-28-17-4-3-14(22)11-16(17)23/h3-4,10-12H,1-2,5-9H2. The summed E-state index contributed by atoms with van der Waals surface area (Å²) >= 11 is 12.1. The second-order valence-electron chi connectivity index (χ2n) is 6.35. The molecule has 0 saturated carbocycles. The van der Waals surface area contributed by atoms with Gasteiger partial charge in [-0.25, -0.2) is 13.8 Å². The van der Waals surface area contributed by atoms with Gasteiger partial charge in [0.15, 0.2) is 11.6 Å². The molecule has 0 aliphatic carbocycles. The first-order chi connectivity index (χ1) is 13.4. The van der Waals surface area contributed by atoms with Crippen molar-refractivity contribution in [2.45, 2.75) is 12.8 Å². The second kappa shape index (κ2) is 9.39. The summed E-state index contributed by atoms with van der Waals surface area (Å²) in [4.78, 5) is 20.4. The minimum absolute atomic E-state index is 0.0120. The third kappa shape index (κ3) is 5.23. The van der Waals surface area contributed by atoms with E-state index in [4.69, 9.17) is 27.9 Å². The maximum atomic E-state index is 13.5. The zero-order valence-corrected chi connectivity index (χ0v) is 16.5. The van der Waals surface area contributed by atoms with E-state index in [1.165, 1.54) is 6.07 Å². The van der Waals surface area contributed by atoms with E-state index in [-0.39, 0.29) is 18.3 Å². The monoisotopic (exact) mass is 429 g/mol. The topological polar surface area (TPSA) is 45.7 Å². The van der Waals surface area contributed by atoms with Gasteiger partial charge in [0.25, 0.3) is 0 Å². The molecule has 0 unspecified atom stereocenters. The van der Waals surface area contributed by atoms with E-state index in [2.05, 4.69) is 4.98 Å². The molecule has 1 amide bonds. The van der Waals surface area contributed by atoms with E-state index in [0.717, 1.165) is 12.1 Å². The van der Waals surface area contributed by atoms with Gasteiger partial charge in [0, 0.05) is 44.9 Å². The van der Waals surface area contributed by atoms with Crippen LogP contribution in [0.2, 0.25) is 10.0 Å². The van der Waals surface area contributed by atoms with Crippen LogP contribution in [0.3, 0.4) is 0 Å². The van der Waals surface area contributed by atoms with Crippen LogP contribution in [0.1, 0.15) is 12.8 Å². The summed E-state index contributed by atoms with van der Waals surface area (Å²) in [5, 5.41) is 0.961. The summed E-state index contributed by atoms with van der Waals surface area (Å²) in [7, 11) is 0. The molecule has 2 heterocycles. The lowest BCUT2D eigenvalue weighted by atomic mass is 10.2. The number of nitrogens with zero attached hydrogens (tertiary/aromatic N) is 3. The summed E-state index contributed by atoms with van der Waals surface area (Å²) in [6.07, 6.45) is 2.29. The number of ether oxygens (including phenoxy) is 1. The number of carbonyl (C=O) groups excluding carboxylic acids is 1. The van der Waals surface area contributed by atoms with Crippen molar-refractivity contribution in [1.82, 2.24) is 9.88 Å². The van der Waals surface area contributed by atoms with Crippen LogP contribution < -0.4 is 9.64 Å². The van der Waals surface area contributed by atoms with Gasteiger partial charge in [-0.3, -0.25) is 4.79 Å². The third-order valence-electron chi connectivity index (χ3n) is 4.41. The molecule has 0 radical (unpaired) electrons. The molecule has 0 atom stereocenters. The molecule has 9 heteroatoms. The number of amides is 1. The van der Waals surface area contributed by atoms with Crippen molar-refractivity contribution in [2.24, 2.45) is 0 Å². The smallest absolute Gasteiger partial charge is 0.222 e. The first-order valence-electron chi connectivity index (χ1n) is 8.85. The number of carbonyl (C=O) groups is 1. The van der Waals surface area contributed by atoms with E-state index >= 15 is 0 Å². The van der Waals surface area contributed by atoms with Gasteiger partial charge < -0.3 is 14.5 Å². The van der Waals surface area contributed by atoms with Crippen LogP contribution in [0, 0.1) is 11.6 Å². The average Bonchev–Trinajstić information content (AvgIpc) is 2.66. The quantitative estimate of drug-likeness (QED) is 0.646. The normalized spacial score (nSPS) is 14.3. The fourth-order valence-corrected chi connectivity index (χ4v) is 3.46. The van der Waals surface area contributed by atoms with Crippen molar-refractivity contribution in [3.63, 3.8) is 0 Å². The summed E-state index contributed by atoms with van der Waals surface area (Å²) in [5.41, 5.74) is 0. The van der Waals surface area contributed by atoms with Gasteiger partial charge in [-0.2, -0.15) is 0 Å². The third-order valence-corrected chi connectivity index (χ3v) is 4.89. The van der Waals surface area contributed by atoms with Crippen molar-refractivity contribution in [3.8, 4) is 5.75 Å². The molecule has 1 aliphatic rings. The van der Waals surface area contributed by atoms with Crippen LogP contribution in [-0.4, -0.2) is 48.6 Å². The van der Waals surface area contributed by atoms with Crippen LogP contribution in [0.5, 0.6) is 5.75 Å². The van der Waals surface area contributed by atoms with E-state index in [1.54, 1.807) is 17.2 Å². The van der Waals surface area contributed by atoms with Crippen LogP contribution in [0.25, 0.3) is 0 Å². The molecule has 1 aromatic carbocycles. The van der Waals surface area contributed by atoms with Gasteiger partial charge in [0.1, 0.15) is 11.6 Å². The lowest BCUT2D eigenvalue weighted by Crippen LogP contribution is -2.49. The Morgan fingerprint density at radius 3 is 2.57 bits per heavy atom. The number of pyridine rings is 1. The first kappa shape index (κ1) is 20.6.